The highest BCUT2D eigenvalue weighted by Gasteiger charge is 2.01. The van der Waals surface area contributed by atoms with Gasteiger partial charge in [-0.25, -0.2) is 4.39 Å². The molecule has 1 heterocycles. The molecule has 4 heteroatoms. The van der Waals surface area contributed by atoms with Gasteiger partial charge in [-0.15, -0.1) is 0 Å². The highest BCUT2D eigenvalue weighted by Crippen LogP contribution is 2.17. The summed E-state index contributed by atoms with van der Waals surface area (Å²) < 4.78 is 18.7. The molecule has 0 aliphatic rings. The predicted molar refractivity (Wildman–Crippen MR) is 62.9 cm³/mol. The third kappa shape index (κ3) is 3.26. The van der Waals surface area contributed by atoms with E-state index in [0.29, 0.717) is 18.9 Å². The maximum absolute atomic E-state index is 13.2. The molecule has 0 aliphatic heterocycles. The van der Waals surface area contributed by atoms with Gasteiger partial charge in [0.05, 0.1) is 0 Å². The first-order valence-electron chi connectivity index (χ1n) is 5.29. The Kier molecular flexibility index (Phi) is 3.67. The van der Waals surface area contributed by atoms with E-state index < -0.39 is 0 Å². The van der Waals surface area contributed by atoms with Gasteiger partial charge in [-0.2, -0.15) is 0 Å². The van der Waals surface area contributed by atoms with Crippen molar-refractivity contribution < 1.29 is 9.13 Å². The van der Waals surface area contributed by atoms with Crippen molar-refractivity contribution in [3.63, 3.8) is 0 Å². The molecule has 2 aromatic rings. The van der Waals surface area contributed by atoms with Gasteiger partial charge in [0, 0.05) is 25.0 Å². The van der Waals surface area contributed by atoms with Gasteiger partial charge in [-0.3, -0.25) is 4.98 Å². The van der Waals surface area contributed by atoms with Crippen molar-refractivity contribution in [2.75, 3.05) is 0 Å². The third-order valence-electron chi connectivity index (χ3n) is 2.32. The van der Waals surface area contributed by atoms with Gasteiger partial charge in [-0.1, -0.05) is 0 Å². The maximum Gasteiger partial charge on any atom is 0.127 e. The number of nitrogens with two attached hydrogens (primary N) is 1. The number of aromatic nitrogens is 1. The standard InChI is InChI=1S/C13H13FN2O/c14-12-5-11(8-15)6-13(7-12)17-9-10-1-3-16-4-2-10/h1-7H,8-9,15H2. The lowest BCUT2D eigenvalue weighted by Crippen LogP contribution is -2.00. The number of hydrogen-bond donors (Lipinski definition) is 1. The van der Waals surface area contributed by atoms with Crippen LogP contribution in [0.2, 0.25) is 0 Å². The fourth-order valence-corrected chi connectivity index (χ4v) is 1.47. The van der Waals surface area contributed by atoms with Crippen molar-refractivity contribution in [2.45, 2.75) is 13.2 Å². The molecule has 0 bridgehead atoms. The van der Waals surface area contributed by atoms with Crippen molar-refractivity contribution in [2.24, 2.45) is 5.73 Å². The number of pyridine rings is 1. The van der Waals surface area contributed by atoms with Gasteiger partial charge >= 0.3 is 0 Å². The molecule has 2 N–H and O–H groups in total. The SMILES string of the molecule is NCc1cc(F)cc(OCc2ccncc2)c1. The van der Waals surface area contributed by atoms with Crippen LogP contribution in [-0.4, -0.2) is 4.98 Å². The lowest BCUT2D eigenvalue weighted by molar-refractivity contribution is 0.304. The summed E-state index contributed by atoms with van der Waals surface area (Å²) in [5, 5.41) is 0. The average Bonchev–Trinajstić information content (AvgIpc) is 2.37. The molecule has 88 valence electrons. The van der Waals surface area contributed by atoms with Crippen LogP contribution in [0.15, 0.2) is 42.7 Å². The molecular formula is C13H13FN2O. The van der Waals surface area contributed by atoms with Gasteiger partial charge in [-0.05, 0) is 35.4 Å². The molecule has 2 rings (SSSR count). The van der Waals surface area contributed by atoms with E-state index in [2.05, 4.69) is 4.98 Å². The maximum atomic E-state index is 13.2. The molecule has 1 aromatic carbocycles. The predicted octanol–water partition coefficient (Wildman–Crippen LogP) is 2.26. The summed E-state index contributed by atoms with van der Waals surface area (Å²) in [5.41, 5.74) is 7.17. The smallest absolute Gasteiger partial charge is 0.127 e. The first-order chi connectivity index (χ1) is 8.28. The molecule has 0 saturated carbocycles. The van der Waals surface area contributed by atoms with E-state index in [1.165, 1.54) is 12.1 Å². The van der Waals surface area contributed by atoms with Gasteiger partial charge in [0.1, 0.15) is 18.2 Å². The zero-order valence-electron chi connectivity index (χ0n) is 9.27. The number of benzene rings is 1. The number of rotatable bonds is 4. The summed E-state index contributed by atoms with van der Waals surface area (Å²) in [6.45, 7) is 0.680. The molecule has 3 nitrogen and oxygen atoms in total. The highest BCUT2D eigenvalue weighted by molar-refractivity contribution is 5.29. The van der Waals surface area contributed by atoms with Crippen LogP contribution in [-0.2, 0) is 13.2 Å². The van der Waals surface area contributed by atoms with Crippen molar-refractivity contribution in [3.8, 4) is 5.75 Å². The normalized spacial score (nSPS) is 10.2. The topological polar surface area (TPSA) is 48.1 Å². The number of ether oxygens (including phenoxy) is 1. The fraction of sp³-hybridized carbons (Fsp3) is 0.154. The highest BCUT2D eigenvalue weighted by atomic mass is 19.1. The van der Waals surface area contributed by atoms with E-state index in [-0.39, 0.29) is 5.82 Å². The van der Waals surface area contributed by atoms with E-state index in [4.69, 9.17) is 10.5 Å². The molecule has 0 amide bonds. The van der Waals surface area contributed by atoms with Crippen LogP contribution >= 0.6 is 0 Å². The van der Waals surface area contributed by atoms with E-state index >= 15 is 0 Å². The van der Waals surface area contributed by atoms with Gasteiger partial charge in [0.2, 0.25) is 0 Å². The Morgan fingerprint density at radius 2 is 1.88 bits per heavy atom. The summed E-state index contributed by atoms with van der Waals surface area (Å²) in [6, 6.07) is 8.19. The van der Waals surface area contributed by atoms with Crippen molar-refractivity contribution in [3.05, 3.63) is 59.7 Å². The second-order valence-electron chi connectivity index (χ2n) is 3.64. The minimum atomic E-state index is -0.335. The van der Waals surface area contributed by atoms with E-state index in [9.17, 15) is 4.39 Å². The Balaban J connectivity index is 2.06. The summed E-state index contributed by atoms with van der Waals surface area (Å²) in [7, 11) is 0. The van der Waals surface area contributed by atoms with Gasteiger partial charge in [0.25, 0.3) is 0 Å². The molecule has 0 aliphatic carbocycles. The largest absolute Gasteiger partial charge is 0.489 e. The molecule has 1 aromatic heterocycles. The summed E-state index contributed by atoms with van der Waals surface area (Å²) >= 11 is 0. The Morgan fingerprint density at radius 3 is 2.59 bits per heavy atom. The number of nitrogens with zero attached hydrogens (tertiary/aromatic N) is 1. The van der Waals surface area contributed by atoms with Gasteiger partial charge in [0.15, 0.2) is 0 Å². The van der Waals surface area contributed by atoms with Crippen LogP contribution in [0, 0.1) is 5.82 Å². The number of halogens is 1. The first-order valence-corrected chi connectivity index (χ1v) is 5.29. The Bertz CT molecular complexity index is 488. The molecule has 0 atom stereocenters. The third-order valence-corrected chi connectivity index (χ3v) is 2.32. The Hall–Kier alpha value is -1.94. The van der Waals surface area contributed by atoms with Crippen LogP contribution in [0.1, 0.15) is 11.1 Å². The van der Waals surface area contributed by atoms with E-state index in [0.717, 1.165) is 11.1 Å². The minimum Gasteiger partial charge on any atom is -0.489 e. The van der Waals surface area contributed by atoms with Crippen LogP contribution in [0.4, 0.5) is 4.39 Å². The second kappa shape index (κ2) is 5.41. The van der Waals surface area contributed by atoms with E-state index in [1.54, 1.807) is 18.5 Å². The summed E-state index contributed by atoms with van der Waals surface area (Å²) in [4.78, 5) is 3.91. The zero-order valence-corrected chi connectivity index (χ0v) is 9.27. The second-order valence-corrected chi connectivity index (χ2v) is 3.64. The summed E-state index contributed by atoms with van der Waals surface area (Å²) in [5.74, 6) is 0.153. The lowest BCUT2D eigenvalue weighted by atomic mass is 10.2. The molecule has 0 spiro atoms. The minimum absolute atomic E-state index is 0.295. The quantitative estimate of drug-likeness (QED) is 0.879. The molecule has 0 radical (unpaired) electrons. The van der Waals surface area contributed by atoms with Crippen LogP contribution in [0.25, 0.3) is 0 Å². The molecule has 0 saturated heterocycles. The Labute approximate surface area is 99.1 Å². The molecule has 17 heavy (non-hydrogen) atoms. The van der Waals surface area contributed by atoms with Crippen molar-refractivity contribution in [1.29, 1.82) is 0 Å². The lowest BCUT2D eigenvalue weighted by Gasteiger charge is -2.07. The fourth-order valence-electron chi connectivity index (χ4n) is 1.47. The van der Waals surface area contributed by atoms with Crippen LogP contribution in [0.5, 0.6) is 5.75 Å². The molecule has 0 fully saturated rings. The first kappa shape index (κ1) is 11.5. The monoisotopic (exact) mass is 232 g/mol. The van der Waals surface area contributed by atoms with Crippen LogP contribution in [0.3, 0.4) is 0 Å². The average molecular weight is 232 g/mol. The Morgan fingerprint density at radius 1 is 1.12 bits per heavy atom. The van der Waals surface area contributed by atoms with Gasteiger partial charge < -0.3 is 10.5 Å². The van der Waals surface area contributed by atoms with Crippen molar-refractivity contribution in [1.82, 2.24) is 4.98 Å². The van der Waals surface area contributed by atoms with Crippen LogP contribution < -0.4 is 10.5 Å². The molecule has 0 unspecified atom stereocenters. The summed E-state index contributed by atoms with van der Waals surface area (Å²) in [6.07, 6.45) is 3.38. The molecular weight excluding hydrogens is 219 g/mol. The number of hydrogen-bond acceptors (Lipinski definition) is 3. The zero-order chi connectivity index (χ0) is 12.1. The van der Waals surface area contributed by atoms with Crippen molar-refractivity contribution >= 4 is 0 Å². The van der Waals surface area contributed by atoms with E-state index in [1.807, 2.05) is 12.1 Å².